The van der Waals surface area contributed by atoms with Gasteiger partial charge in [-0.05, 0) is 19.4 Å². The highest BCUT2D eigenvalue weighted by molar-refractivity contribution is 8.01. The molecular weight excluding hydrogens is 663 g/mol. The number of nitrogen functional groups attached to an aromatic ring is 1. The Morgan fingerprint density at radius 2 is 1.85 bits per heavy atom. The number of benzene rings is 1. The van der Waals surface area contributed by atoms with Gasteiger partial charge < -0.3 is 51.5 Å². The van der Waals surface area contributed by atoms with Crippen molar-refractivity contribution in [1.82, 2.24) is 29.7 Å². The van der Waals surface area contributed by atoms with E-state index in [1.54, 1.807) is 38.1 Å². The number of phosphoric acid groups is 1. The topological polar surface area (TPSA) is 299 Å². The fourth-order valence-corrected chi connectivity index (χ4v) is 7.49. The number of rotatable bonds is 8. The number of hydrogen-bond acceptors (Lipinski definition) is 14. The highest BCUT2D eigenvalue weighted by atomic mass is 32.2. The number of carboxylic acid groups (broad SMARTS) is 1. The lowest BCUT2D eigenvalue weighted by Crippen LogP contribution is -2.71. The molecule has 2 aromatic heterocycles. The summed E-state index contributed by atoms with van der Waals surface area (Å²) >= 11 is 1.38. The summed E-state index contributed by atoms with van der Waals surface area (Å²) in [5.41, 5.74) is 12.8. The molecule has 0 radical (unpaired) electrons. The summed E-state index contributed by atoms with van der Waals surface area (Å²) < 4.78 is 21.2. The maximum Gasteiger partial charge on any atom is 0.469 e. The largest absolute Gasteiger partial charge is 0.480 e. The molecule has 0 saturated carbocycles. The average molecular weight is 697 g/mol. The number of aromatic nitrogens is 4. The predicted molar refractivity (Wildman–Crippen MR) is 163 cm³/mol. The van der Waals surface area contributed by atoms with Gasteiger partial charge in [0, 0.05) is 4.75 Å². The van der Waals surface area contributed by atoms with Crippen molar-refractivity contribution in [2.75, 3.05) is 12.3 Å². The van der Waals surface area contributed by atoms with Gasteiger partial charge in [-0.3, -0.25) is 18.7 Å². The molecule has 0 unspecified atom stereocenters. The molecule has 0 aliphatic carbocycles. The minimum atomic E-state index is -4.72. The van der Waals surface area contributed by atoms with Crippen molar-refractivity contribution < 1.29 is 53.3 Å². The second kappa shape index (κ2) is 13.1. The van der Waals surface area contributed by atoms with E-state index in [1.165, 1.54) is 33.9 Å². The van der Waals surface area contributed by atoms with Gasteiger partial charge in [0.2, 0.25) is 11.8 Å². The van der Waals surface area contributed by atoms with Gasteiger partial charge in [0.25, 0.3) is 0 Å². The van der Waals surface area contributed by atoms with Crippen LogP contribution in [0.25, 0.3) is 11.2 Å². The van der Waals surface area contributed by atoms with Gasteiger partial charge in [-0.1, -0.05) is 30.3 Å². The standard InChI is InChI=1S/C16H19N3O4S.C10H14N5O7P/c1-16(2)11(15(22)23)19-13(21)10(14(19)24-16)18-12(20)9(17)8-6-4-3-5-7-8;11-8-5-9(13-2-12-8)15(3-14-5)10-7(17)6(16)4(22-10)1-21-23(18,19)20/h3-7,9-11,14H,17H2,1-2H3,(H,18,20)(H,22,23);2-4,6-7,10,16-17H,1H2,(H2,11,12,13)(H2,18,19,20)/t9-,10-,11+,14-;4-,6-,7-,10-/m11/s1. The number of imidazole rings is 1. The third kappa shape index (κ3) is 6.82. The van der Waals surface area contributed by atoms with Gasteiger partial charge in [-0.25, -0.2) is 24.3 Å². The van der Waals surface area contributed by atoms with Crippen molar-refractivity contribution in [1.29, 1.82) is 0 Å². The number of aliphatic hydroxyl groups excluding tert-OH is 2. The van der Waals surface area contributed by atoms with Crippen LogP contribution in [0.15, 0.2) is 43.0 Å². The number of nitrogens with two attached hydrogens (primary N) is 2. The number of hydrogen-bond donors (Lipinski definition) is 8. The summed E-state index contributed by atoms with van der Waals surface area (Å²) in [6.07, 6.45) is -2.49. The van der Waals surface area contributed by atoms with Crippen molar-refractivity contribution in [3.05, 3.63) is 48.5 Å². The molecular formula is C26H33N8O11PS. The van der Waals surface area contributed by atoms with E-state index >= 15 is 0 Å². The molecule has 2 amide bonds. The number of aliphatic hydroxyl groups is 2. The number of thioether (sulfide) groups is 1. The number of carbonyl (C=O) groups excluding carboxylic acids is 2. The van der Waals surface area contributed by atoms with Crippen LogP contribution in [0.4, 0.5) is 5.82 Å². The van der Waals surface area contributed by atoms with Gasteiger partial charge in [0.15, 0.2) is 17.7 Å². The van der Waals surface area contributed by atoms with Crippen LogP contribution in [0.3, 0.4) is 0 Å². The number of anilines is 1. The van der Waals surface area contributed by atoms with Crippen LogP contribution in [-0.2, 0) is 28.2 Å². The van der Waals surface area contributed by atoms with Gasteiger partial charge >= 0.3 is 13.8 Å². The van der Waals surface area contributed by atoms with Crippen molar-refractivity contribution in [2.45, 2.75) is 66.6 Å². The molecule has 1 aromatic carbocycles. The number of aliphatic carboxylic acids is 1. The zero-order valence-electron chi connectivity index (χ0n) is 24.8. The van der Waals surface area contributed by atoms with Crippen molar-refractivity contribution in [3.63, 3.8) is 0 Å². The Hall–Kier alpha value is -3.72. The van der Waals surface area contributed by atoms with E-state index in [0.717, 1.165) is 0 Å². The minimum Gasteiger partial charge on any atom is -0.480 e. The molecule has 0 spiro atoms. The Morgan fingerprint density at radius 1 is 1.17 bits per heavy atom. The number of carboxylic acids is 1. The molecule has 3 fully saturated rings. The first-order valence-corrected chi connectivity index (χ1v) is 16.4. The molecule has 3 aliphatic heterocycles. The molecule has 6 rings (SSSR count). The molecule has 0 bridgehead atoms. The summed E-state index contributed by atoms with van der Waals surface area (Å²) in [5.74, 6) is -1.72. The fourth-order valence-electron chi connectivity index (χ4n) is 5.52. The molecule has 3 aliphatic rings. The molecule has 5 heterocycles. The third-order valence-corrected chi connectivity index (χ3v) is 9.88. The Labute approximate surface area is 270 Å². The quantitative estimate of drug-likeness (QED) is 0.0977. The van der Waals surface area contributed by atoms with Gasteiger partial charge in [-0.15, -0.1) is 11.8 Å². The maximum atomic E-state index is 12.3. The normalized spacial score (nSPS) is 28.6. The number of amides is 2. The number of nitrogens with one attached hydrogen (secondary N) is 1. The number of carbonyl (C=O) groups is 3. The summed E-state index contributed by atoms with van der Waals surface area (Å²) in [6, 6.07) is 6.38. The van der Waals surface area contributed by atoms with E-state index in [4.69, 9.17) is 26.0 Å². The van der Waals surface area contributed by atoms with E-state index in [0.29, 0.717) is 11.1 Å². The van der Waals surface area contributed by atoms with Crippen molar-refractivity contribution in [2.24, 2.45) is 5.73 Å². The summed E-state index contributed by atoms with van der Waals surface area (Å²) in [7, 11) is -4.72. The number of fused-ring (bicyclic) bond motifs is 2. The van der Waals surface area contributed by atoms with Crippen LogP contribution < -0.4 is 16.8 Å². The number of nitrogens with zero attached hydrogens (tertiary/aromatic N) is 5. The van der Waals surface area contributed by atoms with E-state index in [9.17, 15) is 34.3 Å². The molecule has 8 atom stereocenters. The lowest BCUT2D eigenvalue weighted by atomic mass is 9.95. The Kier molecular flexibility index (Phi) is 9.62. The molecule has 21 heteroatoms. The maximum absolute atomic E-state index is 12.3. The van der Waals surface area contributed by atoms with E-state index < -0.39 is 73.7 Å². The average Bonchev–Trinajstić information content (AvgIpc) is 3.65. The van der Waals surface area contributed by atoms with Crippen LogP contribution >= 0.6 is 19.6 Å². The van der Waals surface area contributed by atoms with Crippen molar-refractivity contribution >= 4 is 54.3 Å². The van der Waals surface area contributed by atoms with E-state index in [2.05, 4.69) is 24.8 Å². The first kappa shape index (κ1) is 34.6. The van der Waals surface area contributed by atoms with E-state index in [1.807, 2.05) is 6.07 Å². The minimum absolute atomic E-state index is 0.142. The van der Waals surface area contributed by atoms with Gasteiger partial charge in [-0.2, -0.15) is 0 Å². The van der Waals surface area contributed by atoms with Crippen LogP contribution in [0.1, 0.15) is 31.7 Å². The number of β-lactam (4-membered cyclic amide) rings is 1. The highest BCUT2D eigenvalue weighted by Crippen LogP contribution is 2.50. The zero-order valence-corrected chi connectivity index (χ0v) is 26.5. The second-order valence-corrected chi connectivity index (χ2v) is 14.4. The van der Waals surface area contributed by atoms with Crippen LogP contribution in [0.2, 0.25) is 0 Å². The predicted octanol–water partition coefficient (Wildman–Crippen LogP) is -1.54. The highest BCUT2D eigenvalue weighted by Gasteiger charge is 2.64. The zero-order chi connectivity index (χ0) is 34.4. The van der Waals surface area contributed by atoms with Crippen LogP contribution in [0, 0.1) is 0 Å². The third-order valence-electron chi connectivity index (χ3n) is 7.82. The molecule has 3 saturated heterocycles. The molecule has 3 aromatic rings. The number of phosphoric ester groups is 1. The van der Waals surface area contributed by atoms with Crippen LogP contribution in [-0.4, -0.2) is 114 Å². The number of ether oxygens (including phenoxy) is 1. The van der Waals surface area contributed by atoms with Crippen molar-refractivity contribution in [3.8, 4) is 0 Å². The van der Waals surface area contributed by atoms with Crippen LogP contribution in [0.5, 0.6) is 0 Å². The van der Waals surface area contributed by atoms with Gasteiger partial charge in [0.1, 0.15) is 53.7 Å². The smallest absolute Gasteiger partial charge is 0.469 e. The fraction of sp³-hybridized carbons (Fsp3) is 0.462. The molecule has 19 nitrogen and oxygen atoms in total. The van der Waals surface area contributed by atoms with Gasteiger partial charge in [0.05, 0.1) is 12.9 Å². The molecule has 47 heavy (non-hydrogen) atoms. The molecule has 254 valence electrons. The Morgan fingerprint density at radius 3 is 2.49 bits per heavy atom. The SMILES string of the molecule is CC1(C)S[C@@H]2[C@H](NC(=O)[C@H](N)c3ccccc3)C(=O)N2[C@H]1C(=O)O.Nc1ncnc2c1ncn2[C@@H]1O[C@H](COP(=O)(O)O)[C@@H](O)[C@H]1O. The molecule has 10 N–H and O–H groups in total. The Bertz CT molecular complexity index is 1710. The summed E-state index contributed by atoms with van der Waals surface area (Å²) in [6.45, 7) is 2.98. The first-order chi connectivity index (χ1) is 22.0. The monoisotopic (exact) mass is 696 g/mol. The summed E-state index contributed by atoms with van der Waals surface area (Å²) in [4.78, 5) is 66.6. The summed E-state index contributed by atoms with van der Waals surface area (Å²) in [5, 5.41) is 31.7. The lowest BCUT2D eigenvalue weighted by molar-refractivity contribution is -0.161. The lowest BCUT2D eigenvalue weighted by Gasteiger charge is -2.43. The van der Waals surface area contributed by atoms with E-state index in [-0.39, 0.29) is 22.7 Å². The second-order valence-electron chi connectivity index (χ2n) is 11.4. The Balaban J connectivity index is 0.000000185. The first-order valence-electron chi connectivity index (χ1n) is 14.0.